The number of hydrogen-bond donors (Lipinski definition) is 1. The van der Waals surface area contributed by atoms with Gasteiger partial charge in [-0.3, -0.25) is 0 Å². The molecule has 0 saturated carbocycles. The number of halogens is 2. The molecule has 4 heteroatoms. The van der Waals surface area contributed by atoms with Crippen LogP contribution in [0.5, 0.6) is 0 Å². The van der Waals surface area contributed by atoms with Crippen LogP contribution in [0.2, 0.25) is 0 Å². The number of hydrogen-bond acceptors (Lipinski definition) is 2. The molecule has 0 aliphatic rings. The van der Waals surface area contributed by atoms with Gasteiger partial charge in [-0.2, -0.15) is 8.78 Å². The number of aromatic nitrogens is 1. The van der Waals surface area contributed by atoms with Crippen LogP contribution in [0.3, 0.4) is 0 Å². The van der Waals surface area contributed by atoms with E-state index in [9.17, 15) is 8.78 Å². The Morgan fingerprint density at radius 2 is 2.10 bits per heavy atom. The first kappa shape index (κ1) is 6.92. The lowest BCUT2D eigenvalue weighted by atomic mass is 10.3. The van der Waals surface area contributed by atoms with Crippen molar-refractivity contribution in [3.63, 3.8) is 0 Å². The largest absolute Gasteiger partial charge is 0.396 e. The van der Waals surface area contributed by atoms with Crippen LogP contribution in [0.25, 0.3) is 0 Å². The van der Waals surface area contributed by atoms with Gasteiger partial charge in [-0.1, -0.05) is 0 Å². The summed E-state index contributed by atoms with van der Waals surface area (Å²) in [6.45, 7) is 1.54. The zero-order valence-electron chi connectivity index (χ0n) is 5.36. The minimum Gasteiger partial charge on any atom is -0.396 e. The van der Waals surface area contributed by atoms with Crippen molar-refractivity contribution in [3.8, 4) is 0 Å². The fourth-order valence-corrected chi connectivity index (χ4v) is 0.644. The van der Waals surface area contributed by atoms with Gasteiger partial charge in [0.1, 0.15) is 0 Å². The fourth-order valence-electron chi connectivity index (χ4n) is 0.644. The van der Waals surface area contributed by atoms with E-state index in [1.165, 1.54) is 6.07 Å². The highest BCUT2D eigenvalue weighted by Crippen LogP contribution is 2.12. The summed E-state index contributed by atoms with van der Waals surface area (Å²) in [6, 6.07) is 1.28. The van der Waals surface area contributed by atoms with Crippen LogP contribution >= 0.6 is 0 Å². The molecule has 1 aromatic rings. The second-order valence-electron chi connectivity index (χ2n) is 1.96. The monoisotopic (exact) mass is 144 g/mol. The summed E-state index contributed by atoms with van der Waals surface area (Å²) in [5.74, 6) is -2.22. The number of aryl methyl sites for hydroxylation is 1. The van der Waals surface area contributed by atoms with Gasteiger partial charge in [0.2, 0.25) is 5.82 Å². The second-order valence-corrected chi connectivity index (χ2v) is 1.96. The number of nitrogens with two attached hydrogens (primary N) is 1. The lowest BCUT2D eigenvalue weighted by molar-refractivity contribution is 0.480. The number of rotatable bonds is 0. The average molecular weight is 144 g/mol. The summed E-state index contributed by atoms with van der Waals surface area (Å²) >= 11 is 0. The topological polar surface area (TPSA) is 38.9 Å². The number of pyridine rings is 1. The van der Waals surface area contributed by atoms with E-state index in [0.717, 1.165) is 0 Å². The van der Waals surface area contributed by atoms with Gasteiger partial charge in [0.05, 0.1) is 5.69 Å². The Morgan fingerprint density at radius 1 is 1.50 bits per heavy atom. The van der Waals surface area contributed by atoms with Gasteiger partial charge in [0.15, 0.2) is 0 Å². The first-order chi connectivity index (χ1) is 4.61. The van der Waals surface area contributed by atoms with Crippen molar-refractivity contribution in [2.45, 2.75) is 6.92 Å². The Labute approximate surface area is 56.7 Å². The minimum absolute atomic E-state index is 0.204. The van der Waals surface area contributed by atoms with Crippen molar-refractivity contribution in [1.29, 1.82) is 0 Å². The first-order valence-electron chi connectivity index (χ1n) is 2.69. The highest BCUT2D eigenvalue weighted by Gasteiger charge is 2.06. The van der Waals surface area contributed by atoms with Crippen LogP contribution in [-0.4, -0.2) is 4.98 Å². The lowest BCUT2D eigenvalue weighted by Gasteiger charge is -1.97. The Morgan fingerprint density at radius 3 is 2.60 bits per heavy atom. The van der Waals surface area contributed by atoms with Crippen molar-refractivity contribution in [3.05, 3.63) is 23.5 Å². The molecule has 0 aliphatic carbocycles. The van der Waals surface area contributed by atoms with Crippen LogP contribution < -0.4 is 5.73 Å². The van der Waals surface area contributed by atoms with Gasteiger partial charge in [-0.15, -0.1) is 0 Å². The van der Waals surface area contributed by atoms with E-state index in [1.54, 1.807) is 6.92 Å². The van der Waals surface area contributed by atoms with E-state index >= 15 is 0 Å². The zero-order chi connectivity index (χ0) is 7.72. The van der Waals surface area contributed by atoms with E-state index in [0.29, 0.717) is 5.69 Å². The van der Waals surface area contributed by atoms with Gasteiger partial charge in [0.25, 0.3) is 5.95 Å². The van der Waals surface area contributed by atoms with Gasteiger partial charge in [0, 0.05) is 5.69 Å². The molecule has 2 N–H and O–H groups in total. The maximum absolute atomic E-state index is 12.3. The quantitative estimate of drug-likeness (QED) is 0.556. The average Bonchev–Trinajstić information content (AvgIpc) is 1.82. The number of nitrogens with zero attached hydrogens (tertiary/aromatic N) is 1. The Hall–Kier alpha value is -1.19. The maximum Gasteiger partial charge on any atom is 0.251 e. The van der Waals surface area contributed by atoms with Gasteiger partial charge in [-0.05, 0) is 13.0 Å². The van der Waals surface area contributed by atoms with E-state index in [2.05, 4.69) is 4.98 Å². The van der Waals surface area contributed by atoms with Crippen LogP contribution in [0.15, 0.2) is 6.07 Å². The third-order valence-electron chi connectivity index (χ3n) is 1.07. The van der Waals surface area contributed by atoms with Crippen LogP contribution in [0, 0.1) is 18.7 Å². The molecule has 0 fully saturated rings. The van der Waals surface area contributed by atoms with Gasteiger partial charge < -0.3 is 5.73 Å². The summed E-state index contributed by atoms with van der Waals surface area (Å²) in [7, 11) is 0. The molecule has 0 amide bonds. The lowest BCUT2D eigenvalue weighted by Crippen LogP contribution is -1.98. The van der Waals surface area contributed by atoms with E-state index in [1.807, 2.05) is 0 Å². The molecule has 0 atom stereocenters. The van der Waals surface area contributed by atoms with Gasteiger partial charge >= 0.3 is 0 Å². The summed E-state index contributed by atoms with van der Waals surface area (Å²) in [5, 5.41) is 0. The molecule has 1 aromatic heterocycles. The first-order valence-corrected chi connectivity index (χ1v) is 2.69. The summed E-state index contributed by atoms with van der Waals surface area (Å²) in [4.78, 5) is 3.21. The van der Waals surface area contributed by atoms with E-state index in [4.69, 9.17) is 5.73 Å². The highest BCUT2D eigenvalue weighted by atomic mass is 19.2. The molecule has 0 aliphatic heterocycles. The molecule has 54 valence electrons. The van der Waals surface area contributed by atoms with Crippen molar-refractivity contribution in [2.75, 3.05) is 5.73 Å². The van der Waals surface area contributed by atoms with Crippen molar-refractivity contribution in [2.24, 2.45) is 0 Å². The molecular formula is C6H6F2N2. The third-order valence-corrected chi connectivity index (χ3v) is 1.07. The van der Waals surface area contributed by atoms with Crippen molar-refractivity contribution >= 4 is 5.69 Å². The molecule has 1 rings (SSSR count). The number of nitrogen functional groups attached to an aromatic ring is 1. The normalized spacial score (nSPS) is 9.90. The van der Waals surface area contributed by atoms with Crippen LogP contribution in [0.1, 0.15) is 5.69 Å². The fraction of sp³-hybridized carbons (Fsp3) is 0.167. The van der Waals surface area contributed by atoms with Crippen molar-refractivity contribution < 1.29 is 8.78 Å². The molecule has 0 spiro atoms. The smallest absolute Gasteiger partial charge is 0.251 e. The van der Waals surface area contributed by atoms with Crippen LogP contribution in [-0.2, 0) is 0 Å². The molecule has 0 bridgehead atoms. The molecule has 0 aromatic carbocycles. The molecule has 2 nitrogen and oxygen atoms in total. The number of anilines is 1. The summed E-state index contributed by atoms with van der Waals surface area (Å²) < 4.78 is 24.6. The molecule has 0 saturated heterocycles. The third kappa shape index (κ3) is 1.05. The zero-order valence-corrected chi connectivity index (χ0v) is 5.36. The predicted molar refractivity (Wildman–Crippen MR) is 33.3 cm³/mol. The Bertz CT molecular complexity index is 237. The molecule has 0 unspecified atom stereocenters. The molecule has 1 heterocycles. The van der Waals surface area contributed by atoms with E-state index < -0.39 is 11.8 Å². The molecular weight excluding hydrogens is 138 g/mol. The summed E-state index contributed by atoms with van der Waals surface area (Å²) in [6.07, 6.45) is 0. The van der Waals surface area contributed by atoms with Gasteiger partial charge in [-0.25, -0.2) is 4.98 Å². The summed E-state index contributed by atoms with van der Waals surface area (Å²) in [5.41, 5.74) is 5.23. The van der Waals surface area contributed by atoms with Crippen molar-refractivity contribution in [1.82, 2.24) is 4.98 Å². The minimum atomic E-state index is -1.14. The Balaban J connectivity index is 3.31. The Kier molecular flexibility index (Phi) is 1.53. The maximum atomic E-state index is 12.3. The SMILES string of the molecule is Cc1cc(N)c(F)c(F)n1. The van der Waals surface area contributed by atoms with Crippen LogP contribution in [0.4, 0.5) is 14.5 Å². The standard InChI is InChI=1S/C6H6F2N2/c1-3-2-4(9)5(7)6(8)10-3/h2H,1H3,(H2,9,10). The second kappa shape index (κ2) is 2.21. The predicted octanol–water partition coefficient (Wildman–Crippen LogP) is 1.25. The highest BCUT2D eigenvalue weighted by molar-refractivity contribution is 5.39. The molecule has 10 heavy (non-hydrogen) atoms. The van der Waals surface area contributed by atoms with E-state index in [-0.39, 0.29) is 5.69 Å². The molecule has 0 radical (unpaired) electrons.